The minimum absolute atomic E-state index is 0.407. The van der Waals surface area contributed by atoms with Gasteiger partial charge in [0.05, 0.1) is 25.6 Å². The monoisotopic (exact) mass is 832 g/mol. The van der Waals surface area contributed by atoms with E-state index in [4.69, 9.17) is 75.7 Å². The molecule has 2 atom stereocenters. The van der Waals surface area contributed by atoms with Gasteiger partial charge in [0.2, 0.25) is 0 Å². The number of nitrogens with zero attached hydrogens (tertiary/aromatic N) is 3. The maximum Gasteiger partial charge on any atom is 0.414 e. The van der Waals surface area contributed by atoms with E-state index < -0.39 is 46.4 Å². The number of amides is 2. The van der Waals surface area contributed by atoms with Crippen LogP contribution in [0.5, 0.6) is 0 Å². The van der Waals surface area contributed by atoms with Crippen LogP contribution in [-0.2, 0) is 30.1 Å². The Bertz CT molecular complexity index is 1650. The summed E-state index contributed by atoms with van der Waals surface area (Å²) in [5, 5.41) is 19.7. The van der Waals surface area contributed by atoms with Crippen LogP contribution in [0.1, 0.15) is 65.5 Å². The van der Waals surface area contributed by atoms with Gasteiger partial charge in [0.1, 0.15) is 16.7 Å². The Hall–Kier alpha value is -3.81. The fourth-order valence-electron chi connectivity index (χ4n) is 4.92. The molecule has 0 spiro atoms. The largest absolute Gasteiger partial charge is 0.473 e. The molecule has 0 aliphatic carbocycles. The molecule has 2 aromatic rings. The maximum absolute atomic E-state index is 12.7. The van der Waals surface area contributed by atoms with Crippen LogP contribution < -0.4 is 5.32 Å². The number of hydrogen-bond donors (Lipinski definition) is 3. The number of ether oxygens (including phenoxy) is 2. The van der Waals surface area contributed by atoms with Crippen molar-refractivity contribution in [2.24, 2.45) is 4.99 Å². The number of carbonyl (C=O) groups is 4. The van der Waals surface area contributed by atoms with Crippen LogP contribution in [0.4, 0.5) is 9.59 Å². The smallest absolute Gasteiger partial charge is 0.414 e. The Balaban J connectivity index is 0.000000903. The van der Waals surface area contributed by atoms with E-state index in [9.17, 15) is 9.59 Å². The molecule has 12 nitrogen and oxygen atoms in total. The standard InChI is InChI=1S/C18H26Cl2N2O2.C18H24Cl2N2O2.C2H2O4/c2*1-7-10-18(12-21-5,13-8-9-14(19)15(20)11-13)22(6)16(23)24-17(2,3)4;3-1(4)2(5)6/h7-9,11,21H,1,10,12H2,2-6H3;7-9,11-12H,1,10H2,2-6H3;(H,3,4)(H,5,6). The van der Waals surface area contributed by atoms with Crippen molar-refractivity contribution in [3.8, 4) is 0 Å². The van der Waals surface area contributed by atoms with Crippen molar-refractivity contribution >= 4 is 76.7 Å². The lowest BCUT2D eigenvalue weighted by atomic mass is 9.85. The van der Waals surface area contributed by atoms with E-state index in [0.717, 1.165) is 11.1 Å². The van der Waals surface area contributed by atoms with Crippen molar-refractivity contribution in [1.82, 2.24) is 15.1 Å². The third-order valence-electron chi connectivity index (χ3n) is 7.38. The highest BCUT2D eigenvalue weighted by molar-refractivity contribution is 6.42. The summed E-state index contributed by atoms with van der Waals surface area (Å²) >= 11 is 24.4. The summed E-state index contributed by atoms with van der Waals surface area (Å²) in [7, 11) is 6.87. The lowest BCUT2D eigenvalue weighted by Gasteiger charge is -2.42. The quantitative estimate of drug-likeness (QED) is 0.114. The Kier molecular flexibility index (Phi) is 20.4. The van der Waals surface area contributed by atoms with Gasteiger partial charge in [-0.05, 0) is 96.8 Å². The minimum Gasteiger partial charge on any atom is -0.473 e. The van der Waals surface area contributed by atoms with E-state index in [1.807, 2.05) is 60.7 Å². The summed E-state index contributed by atoms with van der Waals surface area (Å²) < 4.78 is 11.0. The van der Waals surface area contributed by atoms with E-state index in [2.05, 4.69) is 23.5 Å². The van der Waals surface area contributed by atoms with Crippen LogP contribution in [0, 0.1) is 0 Å². The van der Waals surface area contributed by atoms with Gasteiger partial charge in [-0.2, -0.15) is 0 Å². The van der Waals surface area contributed by atoms with Gasteiger partial charge >= 0.3 is 24.1 Å². The van der Waals surface area contributed by atoms with Gasteiger partial charge in [-0.3, -0.25) is 14.8 Å². The molecule has 0 bridgehead atoms. The molecule has 2 unspecified atom stereocenters. The fourth-order valence-corrected chi connectivity index (χ4v) is 5.51. The van der Waals surface area contributed by atoms with Gasteiger partial charge in [0.25, 0.3) is 0 Å². The van der Waals surface area contributed by atoms with E-state index in [1.165, 1.54) is 4.90 Å². The van der Waals surface area contributed by atoms with Crippen molar-refractivity contribution in [2.45, 2.75) is 76.7 Å². The van der Waals surface area contributed by atoms with Crippen molar-refractivity contribution in [3.63, 3.8) is 0 Å². The van der Waals surface area contributed by atoms with Crippen LogP contribution in [0.2, 0.25) is 20.1 Å². The van der Waals surface area contributed by atoms with Crippen molar-refractivity contribution in [3.05, 3.63) is 92.9 Å². The second-order valence-corrected chi connectivity index (χ2v) is 15.4. The zero-order chi connectivity index (χ0) is 42.2. The molecule has 300 valence electrons. The first-order chi connectivity index (χ1) is 24.8. The number of aliphatic imine (C=N–C) groups is 1. The van der Waals surface area contributed by atoms with Crippen LogP contribution in [0.15, 0.2) is 66.7 Å². The molecular formula is C38H52Cl4N4O8. The average Bonchev–Trinajstić information content (AvgIpc) is 3.05. The summed E-state index contributed by atoms with van der Waals surface area (Å²) in [6.45, 7) is 19.1. The van der Waals surface area contributed by atoms with Crippen molar-refractivity contribution < 1.29 is 38.9 Å². The number of nitrogens with one attached hydrogen (secondary N) is 1. The van der Waals surface area contributed by atoms with Gasteiger partial charge < -0.3 is 25.0 Å². The van der Waals surface area contributed by atoms with E-state index in [1.54, 1.807) is 68.7 Å². The summed E-state index contributed by atoms with van der Waals surface area (Å²) in [5.41, 5.74) is -1.11. The minimum atomic E-state index is -1.82. The summed E-state index contributed by atoms with van der Waals surface area (Å²) in [6.07, 6.45) is 5.30. The molecule has 2 rings (SSSR count). The first-order valence-electron chi connectivity index (χ1n) is 16.4. The summed E-state index contributed by atoms with van der Waals surface area (Å²) in [6, 6.07) is 10.6. The first kappa shape index (κ1) is 50.2. The molecule has 0 aliphatic heterocycles. The Morgan fingerprint density at radius 3 is 1.50 bits per heavy atom. The molecule has 54 heavy (non-hydrogen) atoms. The van der Waals surface area contributed by atoms with Gasteiger partial charge in [0.15, 0.2) is 0 Å². The number of hydrogen-bond acceptors (Lipinski definition) is 8. The third-order valence-corrected chi connectivity index (χ3v) is 8.86. The predicted octanol–water partition coefficient (Wildman–Crippen LogP) is 9.34. The molecule has 0 aliphatic rings. The highest BCUT2D eigenvalue weighted by Crippen LogP contribution is 2.37. The van der Waals surface area contributed by atoms with E-state index >= 15 is 0 Å². The SMILES string of the molecule is C=CCC(C=NC)(c1ccc(Cl)c(Cl)c1)N(C)C(=O)OC(C)(C)C.C=CCC(CNC)(c1ccc(Cl)c(Cl)c1)N(C)C(=O)OC(C)(C)C.O=C(O)C(=O)O. The average molecular weight is 835 g/mol. The Morgan fingerprint density at radius 2 is 1.15 bits per heavy atom. The van der Waals surface area contributed by atoms with Gasteiger partial charge in [-0.25, -0.2) is 19.2 Å². The molecule has 0 heterocycles. The predicted molar refractivity (Wildman–Crippen MR) is 218 cm³/mol. The van der Waals surface area contributed by atoms with Gasteiger partial charge in [0, 0.05) is 33.9 Å². The second-order valence-electron chi connectivity index (χ2n) is 13.8. The number of carboxylic acids is 2. The molecule has 0 saturated heterocycles. The maximum atomic E-state index is 12.7. The lowest BCUT2D eigenvalue weighted by molar-refractivity contribution is -0.159. The van der Waals surface area contributed by atoms with Crippen LogP contribution >= 0.6 is 46.4 Å². The zero-order valence-corrected chi connectivity index (χ0v) is 35.5. The molecule has 0 fully saturated rings. The first-order valence-corrected chi connectivity index (χ1v) is 17.9. The molecule has 0 radical (unpaired) electrons. The number of benzene rings is 2. The highest BCUT2D eigenvalue weighted by Gasteiger charge is 2.41. The van der Waals surface area contributed by atoms with Crippen LogP contribution in [0.3, 0.4) is 0 Å². The summed E-state index contributed by atoms with van der Waals surface area (Å²) in [4.78, 5) is 50.7. The molecular weight excluding hydrogens is 782 g/mol. The van der Waals surface area contributed by atoms with Crippen LogP contribution in [-0.4, -0.2) is 96.3 Å². The van der Waals surface area contributed by atoms with E-state index in [-0.39, 0.29) is 0 Å². The number of halogens is 4. The number of likely N-dealkylation sites (N-methyl/N-ethyl adjacent to an activating group) is 2. The number of carbonyl (C=O) groups excluding carboxylic acids is 2. The van der Waals surface area contributed by atoms with E-state index in [0.29, 0.717) is 39.5 Å². The molecule has 3 N–H and O–H groups in total. The Morgan fingerprint density at radius 1 is 0.741 bits per heavy atom. The van der Waals surface area contributed by atoms with Crippen LogP contribution in [0.25, 0.3) is 0 Å². The number of rotatable bonds is 11. The summed E-state index contributed by atoms with van der Waals surface area (Å²) in [5.74, 6) is -3.65. The van der Waals surface area contributed by atoms with Gasteiger partial charge in [-0.15, -0.1) is 13.2 Å². The highest BCUT2D eigenvalue weighted by atomic mass is 35.5. The molecule has 2 aromatic carbocycles. The second kappa shape index (κ2) is 21.9. The molecule has 2 amide bonds. The molecule has 16 heteroatoms. The van der Waals surface area contributed by atoms with Gasteiger partial charge in [-0.1, -0.05) is 70.7 Å². The Labute approximate surface area is 338 Å². The normalized spacial score (nSPS) is 13.4. The number of carboxylic acid groups (broad SMARTS) is 2. The van der Waals surface area contributed by atoms with Crippen molar-refractivity contribution in [2.75, 3.05) is 34.7 Å². The van der Waals surface area contributed by atoms with Crippen molar-refractivity contribution in [1.29, 1.82) is 0 Å². The number of aliphatic carboxylic acids is 2. The third kappa shape index (κ3) is 15.1. The molecule has 0 aromatic heterocycles. The zero-order valence-electron chi connectivity index (χ0n) is 32.4. The topological polar surface area (TPSA) is 158 Å². The fraction of sp³-hybridized carbons (Fsp3) is 0.447. The lowest BCUT2D eigenvalue weighted by Crippen LogP contribution is -2.53. The molecule has 0 saturated carbocycles.